The fourth-order valence-electron chi connectivity index (χ4n) is 2.52. The molecule has 0 radical (unpaired) electrons. The van der Waals surface area contributed by atoms with Crippen molar-refractivity contribution in [1.82, 2.24) is 14.9 Å². The summed E-state index contributed by atoms with van der Waals surface area (Å²) >= 11 is 0. The van der Waals surface area contributed by atoms with Crippen molar-refractivity contribution in [3.8, 4) is 0 Å². The average Bonchev–Trinajstić information content (AvgIpc) is 2.78. The maximum atomic E-state index is 14.4. The summed E-state index contributed by atoms with van der Waals surface area (Å²) in [6, 6.07) is 3.41. The van der Waals surface area contributed by atoms with Crippen molar-refractivity contribution < 1.29 is 4.39 Å². The van der Waals surface area contributed by atoms with Crippen LogP contribution < -0.4 is 5.32 Å². The van der Waals surface area contributed by atoms with Crippen LogP contribution in [0.5, 0.6) is 0 Å². The summed E-state index contributed by atoms with van der Waals surface area (Å²) < 4.78 is 16.3. The number of nitrogens with zero attached hydrogens (tertiary/aromatic N) is 2. The third-order valence-corrected chi connectivity index (χ3v) is 3.39. The molecule has 2 aromatic rings. The molecule has 0 fully saturated rings. The molecule has 20 heavy (non-hydrogen) atoms. The topological polar surface area (TPSA) is 29.9 Å². The first-order valence-corrected chi connectivity index (χ1v) is 7.00. The molecule has 1 N–H and O–H groups in total. The van der Waals surface area contributed by atoms with Gasteiger partial charge in [0.25, 0.3) is 0 Å². The van der Waals surface area contributed by atoms with E-state index in [1.54, 1.807) is 12.4 Å². The van der Waals surface area contributed by atoms with E-state index in [0.29, 0.717) is 5.56 Å². The summed E-state index contributed by atoms with van der Waals surface area (Å²) in [6.07, 6.45) is 4.68. The molecule has 1 aromatic heterocycles. The van der Waals surface area contributed by atoms with Gasteiger partial charge < -0.3 is 9.88 Å². The number of rotatable bonds is 5. The molecule has 0 saturated carbocycles. The zero-order chi connectivity index (χ0) is 14.7. The monoisotopic (exact) mass is 275 g/mol. The van der Waals surface area contributed by atoms with Crippen molar-refractivity contribution in [3.63, 3.8) is 0 Å². The maximum Gasteiger partial charge on any atom is 0.128 e. The molecule has 1 heterocycles. The standard InChI is InChI=1S/C16H22FN3/c1-5-6-18-16(14-9-20(4)10-19-14)15-12(3)7-11(2)8-13(15)17/h7-10,16,18H,5-6H2,1-4H3. The number of imidazole rings is 1. The molecule has 1 atom stereocenters. The predicted molar refractivity (Wildman–Crippen MR) is 79.2 cm³/mol. The number of halogens is 1. The van der Waals surface area contributed by atoms with Gasteiger partial charge in [-0.2, -0.15) is 0 Å². The first-order valence-electron chi connectivity index (χ1n) is 7.00. The zero-order valence-corrected chi connectivity index (χ0v) is 12.6. The van der Waals surface area contributed by atoms with Crippen LogP contribution >= 0.6 is 0 Å². The van der Waals surface area contributed by atoms with Gasteiger partial charge >= 0.3 is 0 Å². The molecule has 0 aliphatic carbocycles. The minimum absolute atomic E-state index is 0.165. The van der Waals surface area contributed by atoms with Crippen LogP contribution in [0.15, 0.2) is 24.7 Å². The lowest BCUT2D eigenvalue weighted by Crippen LogP contribution is -2.25. The van der Waals surface area contributed by atoms with Crippen LogP contribution in [0, 0.1) is 19.7 Å². The van der Waals surface area contributed by atoms with Gasteiger partial charge in [0.1, 0.15) is 5.82 Å². The van der Waals surface area contributed by atoms with E-state index in [1.807, 2.05) is 37.7 Å². The Balaban J connectivity index is 2.46. The molecule has 2 rings (SSSR count). The van der Waals surface area contributed by atoms with E-state index in [0.717, 1.165) is 29.8 Å². The normalized spacial score (nSPS) is 12.7. The second kappa shape index (κ2) is 6.18. The minimum Gasteiger partial charge on any atom is -0.340 e. The Morgan fingerprint density at radius 2 is 2.10 bits per heavy atom. The van der Waals surface area contributed by atoms with E-state index >= 15 is 0 Å². The lowest BCUT2D eigenvalue weighted by Gasteiger charge is -2.20. The fraction of sp³-hybridized carbons (Fsp3) is 0.438. The first-order chi connectivity index (χ1) is 9.52. The van der Waals surface area contributed by atoms with Crippen LogP contribution in [0.4, 0.5) is 4.39 Å². The van der Waals surface area contributed by atoms with E-state index in [9.17, 15) is 4.39 Å². The largest absolute Gasteiger partial charge is 0.340 e. The molecule has 1 aromatic carbocycles. The van der Waals surface area contributed by atoms with Crippen molar-refractivity contribution in [3.05, 3.63) is 52.9 Å². The summed E-state index contributed by atoms with van der Waals surface area (Å²) in [5.41, 5.74) is 3.45. The van der Waals surface area contributed by atoms with E-state index in [-0.39, 0.29) is 11.9 Å². The fourth-order valence-corrected chi connectivity index (χ4v) is 2.52. The number of hydrogen-bond acceptors (Lipinski definition) is 2. The summed E-state index contributed by atoms with van der Waals surface area (Å²) in [4.78, 5) is 4.38. The molecule has 0 bridgehead atoms. The Labute approximate surface area is 119 Å². The Hall–Kier alpha value is -1.68. The molecule has 108 valence electrons. The van der Waals surface area contributed by atoms with Crippen molar-refractivity contribution in [2.75, 3.05) is 6.54 Å². The van der Waals surface area contributed by atoms with Crippen molar-refractivity contribution in [1.29, 1.82) is 0 Å². The van der Waals surface area contributed by atoms with Gasteiger partial charge in [-0.3, -0.25) is 0 Å². The van der Waals surface area contributed by atoms with Crippen LogP contribution in [0.2, 0.25) is 0 Å². The van der Waals surface area contributed by atoms with Crippen molar-refractivity contribution in [2.24, 2.45) is 7.05 Å². The summed E-state index contributed by atoms with van der Waals surface area (Å²) in [5, 5.41) is 3.40. The number of hydrogen-bond donors (Lipinski definition) is 1. The Morgan fingerprint density at radius 1 is 1.35 bits per heavy atom. The lowest BCUT2D eigenvalue weighted by atomic mass is 9.96. The SMILES string of the molecule is CCCNC(c1cn(C)cn1)c1c(C)cc(C)cc1F. The highest BCUT2D eigenvalue weighted by Crippen LogP contribution is 2.27. The molecule has 0 aliphatic heterocycles. The van der Waals surface area contributed by atoms with Gasteiger partial charge in [-0.25, -0.2) is 9.37 Å². The number of aryl methyl sites for hydroxylation is 3. The van der Waals surface area contributed by atoms with Gasteiger partial charge in [0.2, 0.25) is 0 Å². The molecule has 0 aliphatic rings. The van der Waals surface area contributed by atoms with E-state index < -0.39 is 0 Å². The highest BCUT2D eigenvalue weighted by atomic mass is 19.1. The highest BCUT2D eigenvalue weighted by molar-refractivity contribution is 5.38. The minimum atomic E-state index is -0.197. The van der Waals surface area contributed by atoms with Crippen LogP contribution in [0.1, 0.15) is 41.8 Å². The van der Waals surface area contributed by atoms with Crippen LogP contribution in [0.25, 0.3) is 0 Å². The molecule has 0 spiro atoms. The molecule has 3 nitrogen and oxygen atoms in total. The molecule has 1 unspecified atom stereocenters. The Morgan fingerprint density at radius 3 is 2.65 bits per heavy atom. The molecule has 0 saturated heterocycles. The van der Waals surface area contributed by atoms with Crippen molar-refractivity contribution in [2.45, 2.75) is 33.2 Å². The Bertz CT molecular complexity index is 566. The summed E-state index contributed by atoms with van der Waals surface area (Å²) in [6.45, 7) is 6.79. The molecule has 0 amide bonds. The second-order valence-electron chi connectivity index (χ2n) is 5.33. The molecular weight excluding hydrogens is 253 g/mol. The first kappa shape index (κ1) is 14.7. The number of nitrogens with one attached hydrogen (secondary N) is 1. The van der Waals surface area contributed by atoms with Crippen LogP contribution in [-0.4, -0.2) is 16.1 Å². The van der Waals surface area contributed by atoms with Crippen molar-refractivity contribution >= 4 is 0 Å². The van der Waals surface area contributed by atoms with Gasteiger partial charge in [0.05, 0.1) is 18.1 Å². The average molecular weight is 275 g/mol. The summed E-state index contributed by atoms with van der Waals surface area (Å²) in [7, 11) is 1.92. The third kappa shape index (κ3) is 3.07. The van der Waals surface area contributed by atoms with Crippen LogP contribution in [-0.2, 0) is 7.05 Å². The van der Waals surface area contributed by atoms with Gasteiger partial charge in [0, 0.05) is 18.8 Å². The zero-order valence-electron chi connectivity index (χ0n) is 12.6. The van der Waals surface area contributed by atoms with E-state index in [4.69, 9.17) is 0 Å². The predicted octanol–water partition coefficient (Wildman–Crippen LogP) is 3.27. The van der Waals surface area contributed by atoms with Gasteiger partial charge in [-0.1, -0.05) is 13.0 Å². The number of aromatic nitrogens is 2. The maximum absolute atomic E-state index is 14.4. The van der Waals surface area contributed by atoms with E-state index in [2.05, 4.69) is 17.2 Å². The van der Waals surface area contributed by atoms with Gasteiger partial charge in [-0.15, -0.1) is 0 Å². The molecular formula is C16H22FN3. The summed E-state index contributed by atoms with van der Waals surface area (Å²) in [5.74, 6) is -0.165. The second-order valence-corrected chi connectivity index (χ2v) is 5.33. The van der Waals surface area contributed by atoms with E-state index in [1.165, 1.54) is 0 Å². The van der Waals surface area contributed by atoms with Gasteiger partial charge in [-0.05, 0) is 44.0 Å². The molecule has 4 heteroatoms. The quantitative estimate of drug-likeness (QED) is 0.907. The highest BCUT2D eigenvalue weighted by Gasteiger charge is 2.21. The number of benzene rings is 1. The lowest BCUT2D eigenvalue weighted by molar-refractivity contribution is 0.537. The third-order valence-electron chi connectivity index (χ3n) is 3.39. The van der Waals surface area contributed by atoms with Crippen LogP contribution in [0.3, 0.4) is 0 Å². The Kier molecular flexibility index (Phi) is 4.55. The smallest absolute Gasteiger partial charge is 0.128 e. The van der Waals surface area contributed by atoms with Gasteiger partial charge in [0.15, 0.2) is 0 Å².